The fourth-order valence-electron chi connectivity index (χ4n) is 7.75. The monoisotopic (exact) mass is 634 g/mol. The molecule has 244 valence electrons. The highest BCUT2D eigenvalue weighted by Crippen LogP contribution is 2.50. The van der Waals surface area contributed by atoms with Crippen LogP contribution < -0.4 is 9.47 Å². The Bertz CT molecular complexity index is 1700. The van der Waals surface area contributed by atoms with Gasteiger partial charge in [0, 0.05) is 48.9 Å². The number of carboxylic acid groups (broad SMARTS) is 1. The summed E-state index contributed by atoms with van der Waals surface area (Å²) in [5.74, 6) is -2.83. The molecule has 0 amide bonds. The van der Waals surface area contributed by atoms with Crippen molar-refractivity contribution in [3.63, 3.8) is 0 Å². The van der Waals surface area contributed by atoms with Crippen LogP contribution in [0.25, 0.3) is 17.0 Å². The number of esters is 2. The van der Waals surface area contributed by atoms with Crippen LogP contribution in [-0.4, -0.2) is 91.7 Å². The minimum atomic E-state index is -1.34. The van der Waals surface area contributed by atoms with E-state index in [-0.39, 0.29) is 29.2 Å². The Labute approximate surface area is 265 Å². The van der Waals surface area contributed by atoms with Gasteiger partial charge < -0.3 is 38.9 Å². The number of aromatic nitrogens is 1. The number of ether oxygens (including phenoxy) is 5. The molecule has 2 fully saturated rings. The Balaban J connectivity index is 1.24. The number of methoxy groups -OCH3 is 4. The van der Waals surface area contributed by atoms with Crippen molar-refractivity contribution in [3.8, 4) is 17.2 Å². The molecule has 3 heterocycles. The average Bonchev–Trinajstić information content (AvgIpc) is 3.44. The lowest BCUT2D eigenvalue weighted by atomic mass is 9.63. The number of phenols is 1. The molecule has 1 saturated heterocycles. The van der Waals surface area contributed by atoms with Gasteiger partial charge in [-0.05, 0) is 72.6 Å². The summed E-state index contributed by atoms with van der Waals surface area (Å²) in [6.45, 7) is 1.60. The Hall–Kier alpha value is -4.55. The number of aromatic carboxylic acids is 1. The molecule has 0 spiro atoms. The second-order valence-corrected chi connectivity index (χ2v) is 12.1. The number of nitrogens with zero attached hydrogens (tertiary/aromatic N) is 1. The molecule has 46 heavy (non-hydrogen) atoms. The molecule has 3 aliphatic rings. The summed E-state index contributed by atoms with van der Waals surface area (Å²) in [7, 11) is 5.82. The molecule has 1 aliphatic carbocycles. The van der Waals surface area contributed by atoms with Gasteiger partial charge in [-0.3, -0.25) is 9.69 Å². The number of benzene rings is 2. The lowest BCUT2D eigenvalue weighted by Crippen LogP contribution is -2.58. The first kappa shape index (κ1) is 31.4. The third-order valence-electron chi connectivity index (χ3n) is 9.83. The Morgan fingerprint density at radius 3 is 2.54 bits per heavy atom. The summed E-state index contributed by atoms with van der Waals surface area (Å²) in [4.78, 5) is 44.1. The van der Waals surface area contributed by atoms with E-state index in [9.17, 15) is 24.6 Å². The van der Waals surface area contributed by atoms with Gasteiger partial charge in [0.1, 0.15) is 23.5 Å². The molecule has 3 N–H and O–H groups in total. The fraction of sp³-hybridized carbons (Fsp3) is 0.441. The van der Waals surface area contributed by atoms with Crippen molar-refractivity contribution >= 4 is 34.9 Å². The van der Waals surface area contributed by atoms with Crippen LogP contribution in [0.5, 0.6) is 17.2 Å². The normalized spacial score (nSPS) is 25.7. The van der Waals surface area contributed by atoms with Crippen LogP contribution in [0.2, 0.25) is 0 Å². The van der Waals surface area contributed by atoms with E-state index in [1.165, 1.54) is 62.3 Å². The van der Waals surface area contributed by atoms with E-state index >= 15 is 0 Å². The molecule has 2 aromatic carbocycles. The second kappa shape index (κ2) is 12.7. The number of hydrogen-bond acceptors (Lipinski definition) is 10. The summed E-state index contributed by atoms with van der Waals surface area (Å²) < 4.78 is 27.6. The summed E-state index contributed by atoms with van der Waals surface area (Å²) in [5, 5.41) is 20.7. The number of nitrogens with one attached hydrogen (secondary N) is 1. The molecule has 6 rings (SSSR count). The number of piperidine rings is 1. The first-order valence-corrected chi connectivity index (χ1v) is 15.2. The highest BCUT2D eigenvalue weighted by Gasteiger charge is 2.54. The Morgan fingerprint density at radius 2 is 1.85 bits per heavy atom. The first-order chi connectivity index (χ1) is 22.2. The van der Waals surface area contributed by atoms with Gasteiger partial charge in [0.15, 0.2) is 11.5 Å². The number of fused-ring (bicyclic) bond motifs is 6. The summed E-state index contributed by atoms with van der Waals surface area (Å²) in [5.41, 5.74) is 3.45. The molecule has 2 aliphatic heterocycles. The Morgan fingerprint density at radius 1 is 1.04 bits per heavy atom. The number of aromatic hydroxyl groups is 1. The van der Waals surface area contributed by atoms with E-state index in [1.54, 1.807) is 7.11 Å². The van der Waals surface area contributed by atoms with Gasteiger partial charge in [-0.15, -0.1) is 0 Å². The maximum absolute atomic E-state index is 13.4. The quantitative estimate of drug-likeness (QED) is 0.243. The van der Waals surface area contributed by atoms with Gasteiger partial charge in [-0.25, -0.2) is 9.59 Å². The van der Waals surface area contributed by atoms with Gasteiger partial charge >= 0.3 is 17.9 Å². The van der Waals surface area contributed by atoms with Crippen molar-refractivity contribution < 1.29 is 48.3 Å². The van der Waals surface area contributed by atoms with Gasteiger partial charge in [0.25, 0.3) is 0 Å². The molecule has 0 unspecified atom stereocenters. The number of hydrogen-bond donors (Lipinski definition) is 3. The Kier molecular flexibility index (Phi) is 8.67. The predicted octanol–water partition coefficient (Wildman–Crippen LogP) is 3.96. The van der Waals surface area contributed by atoms with Crippen LogP contribution in [0.4, 0.5) is 0 Å². The molecule has 3 aromatic rings. The van der Waals surface area contributed by atoms with E-state index in [0.29, 0.717) is 12.0 Å². The van der Waals surface area contributed by atoms with E-state index in [0.717, 1.165) is 37.2 Å². The third-order valence-corrected chi connectivity index (χ3v) is 9.83. The number of aromatic amines is 1. The van der Waals surface area contributed by atoms with E-state index in [1.807, 2.05) is 12.1 Å². The van der Waals surface area contributed by atoms with Crippen molar-refractivity contribution in [2.45, 2.75) is 37.5 Å². The van der Waals surface area contributed by atoms with Gasteiger partial charge in [-0.2, -0.15) is 0 Å². The maximum Gasteiger partial charge on any atom is 0.339 e. The standard InChI is InChI=1S/C34H38N2O10/c1-42-19-6-7-20-21-9-10-36-16-18-13-27(46-28(37)8-5-17-11-23(33(39)40)31(38)26(12-17)43-2)32(44-3)29(34(41)45-4)22(18)15-25(36)30(21)35-24(20)14-19/h5-8,11-12,14,18,22,25,27,29,32,35,38H,9-10,13,15-16H2,1-4H3,(H,39,40)/t18-,22+,25-,27-,29+,32+/m1/s1. The van der Waals surface area contributed by atoms with Crippen molar-refractivity contribution in [3.05, 3.63) is 58.8 Å². The smallest absolute Gasteiger partial charge is 0.339 e. The minimum absolute atomic E-state index is 0.0424. The molecular formula is C34H38N2O10. The zero-order valence-electron chi connectivity index (χ0n) is 26.1. The highest BCUT2D eigenvalue weighted by atomic mass is 16.6. The molecule has 12 nitrogen and oxygen atoms in total. The number of carbonyl (C=O) groups excluding carboxylic acids is 2. The van der Waals surface area contributed by atoms with Crippen molar-refractivity contribution in [2.75, 3.05) is 41.5 Å². The molecular weight excluding hydrogens is 596 g/mol. The molecule has 6 atom stereocenters. The second-order valence-electron chi connectivity index (χ2n) is 12.1. The maximum atomic E-state index is 13.4. The molecule has 1 aromatic heterocycles. The number of carbonyl (C=O) groups is 3. The largest absolute Gasteiger partial charge is 0.504 e. The zero-order valence-corrected chi connectivity index (χ0v) is 26.1. The van der Waals surface area contributed by atoms with E-state index < -0.39 is 41.8 Å². The zero-order chi connectivity index (χ0) is 32.7. The highest BCUT2D eigenvalue weighted by molar-refractivity contribution is 5.94. The molecule has 0 bridgehead atoms. The minimum Gasteiger partial charge on any atom is -0.504 e. The van der Waals surface area contributed by atoms with Gasteiger partial charge in [0.2, 0.25) is 0 Å². The van der Waals surface area contributed by atoms with Crippen molar-refractivity contribution in [1.29, 1.82) is 0 Å². The van der Waals surface area contributed by atoms with Crippen molar-refractivity contribution in [2.24, 2.45) is 17.8 Å². The van der Waals surface area contributed by atoms with Crippen LogP contribution in [-0.2, 0) is 30.2 Å². The van der Waals surface area contributed by atoms with Crippen LogP contribution >= 0.6 is 0 Å². The summed E-state index contributed by atoms with van der Waals surface area (Å²) in [6.07, 6.45) is 3.24. The van der Waals surface area contributed by atoms with Crippen LogP contribution in [0.15, 0.2) is 36.4 Å². The summed E-state index contributed by atoms with van der Waals surface area (Å²) >= 11 is 0. The average molecular weight is 635 g/mol. The van der Waals surface area contributed by atoms with Gasteiger partial charge in [0.05, 0.1) is 33.3 Å². The number of carboxylic acids is 1. The molecule has 0 radical (unpaired) electrons. The van der Waals surface area contributed by atoms with Crippen LogP contribution in [0.3, 0.4) is 0 Å². The lowest BCUT2D eigenvalue weighted by Gasteiger charge is -2.52. The van der Waals surface area contributed by atoms with Crippen molar-refractivity contribution in [1.82, 2.24) is 9.88 Å². The van der Waals surface area contributed by atoms with Gasteiger partial charge in [-0.1, -0.05) is 0 Å². The molecule has 1 saturated carbocycles. The third kappa shape index (κ3) is 5.56. The van der Waals surface area contributed by atoms with E-state index in [4.69, 9.17) is 23.7 Å². The van der Waals surface area contributed by atoms with E-state index in [2.05, 4.69) is 16.0 Å². The topological polar surface area (TPSA) is 157 Å². The summed E-state index contributed by atoms with van der Waals surface area (Å²) in [6, 6.07) is 8.82. The lowest BCUT2D eigenvalue weighted by molar-refractivity contribution is -0.187. The number of H-pyrrole nitrogens is 1. The SMILES string of the molecule is COC(=O)[C@H]1[C@H]2C[C@@H]3c4[nH]c5cc(OC)ccc5c4CCN3C[C@H]2C[C@@H](OC(=O)C=Cc2cc(OC)c(O)c(C(=O)O)c2)[C@@H]1OC. The first-order valence-electron chi connectivity index (χ1n) is 15.2. The van der Waals surface area contributed by atoms with Crippen LogP contribution in [0, 0.1) is 17.8 Å². The van der Waals surface area contributed by atoms with Crippen LogP contribution in [0.1, 0.15) is 46.1 Å². The predicted molar refractivity (Wildman–Crippen MR) is 166 cm³/mol. The molecule has 12 heteroatoms. The fourth-order valence-corrected chi connectivity index (χ4v) is 7.75. The number of rotatable bonds is 8.